The second kappa shape index (κ2) is 10.8. The second-order valence-corrected chi connectivity index (χ2v) is 13.0. The van der Waals surface area contributed by atoms with Gasteiger partial charge in [0.05, 0.1) is 26.5 Å². The SMILES string of the molecule is O=C(Nc1ccc(F)c(F)c1)c1ccc(Cl)c(S(=O)(=O)C2CC3CC[C@@H](C2)C3(O)C(O)C(O)c2ccccn2)c1. The van der Waals surface area contributed by atoms with Crippen LogP contribution >= 0.6 is 11.6 Å². The molecule has 2 bridgehead atoms. The van der Waals surface area contributed by atoms with E-state index in [0.717, 1.165) is 18.2 Å². The van der Waals surface area contributed by atoms with Crippen LogP contribution in [-0.4, -0.2) is 51.6 Å². The van der Waals surface area contributed by atoms with Crippen LogP contribution in [0.5, 0.6) is 0 Å². The summed E-state index contributed by atoms with van der Waals surface area (Å²) in [5.41, 5.74) is -1.59. The average Bonchev–Trinajstić information content (AvgIpc) is 3.10. The van der Waals surface area contributed by atoms with Crippen molar-refractivity contribution in [3.63, 3.8) is 0 Å². The fourth-order valence-electron chi connectivity index (χ4n) is 6.06. The smallest absolute Gasteiger partial charge is 0.255 e. The number of sulfone groups is 1. The zero-order valence-electron chi connectivity index (χ0n) is 21.0. The lowest BCUT2D eigenvalue weighted by Gasteiger charge is -2.46. The standard InChI is InChI=1S/C28H27ClF2N2O6S/c29-20-8-4-15(27(36)33-18-7-9-21(30)22(31)14-18)11-24(20)40(38,39)19-12-16-5-6-17(13-19)28(16,37)26(35)25(34)23-3-1-2-10-32-23/h1-4,7-11,14,16-17,19,25-26,34-35,37H,5-6,12-13H2,(H,33,36)/t16-,17?,19?,25?,26?,28?/m0/s1. The lowest BCUT2D eigenvalue weighted by Crippen LogP contribution is -2.57. The molecule has 0 spiro atoms. The van der Waals surface area contributed by atoms with Gasteiger partial charge in [-0.15, -0.1) is 0 Å². The maximum Gasteiger partial charge on any atom is 0.255 e. The molecule has 0 aliphatic heterocycles. The third-order valence-corrected chi connectivity index (χ3v) is 10.8. The number of hydrogen-bond donors (Lipinski definition) is 4. The number of aliphatic hydroxyl groups excluding tert-OH is 2. The first kappa shape index (κ1) is 28.6. The fraction of sp³-hybridized carbons (Fsp3) is 0.357. The lowest BCUT2D eigenvalue weighted by atomic mass is 9.69. The summed E-state index contributed by atoms with van der Waals surface area (Å²) in [7, 11) is -4.10. The highest BCUT2D eigenvalue weighted by Crippen LogP contribution is 2.55. The highest BCUT2D eigenvalue weighted by Gasteiger charge is 2.60. The topological polar surface area (TPSA) is 137 Å². The molecule has 2 saturated carbocycles. The van der Waals surface area contributed by atoms with Gasteiger partial charge in [0.1, 0.15) is 12.2 Å². The van der Waals surface area contributed by atoms with Gasteiger partial charge in [-0.3, -0.25) is 9.78 Å². The lowest BCUT2D eigenvalue weighted by molar-refractivity contribution is -0.178. The minimum absolute atomic E-state index is 0.0159. The Morgan fingerprint density at radius 3 is 2.35 bits per heavy atom. The van der Waals surface area contributed by atoms with E-state index < -0.39 is 62.3 Å². The van der Waals surface area contributed by atoms with Crippen LogP contribution in [0.25, 0.3) is 0 Å². The summed E-state index contributed by atoms with van der Waals surface area (Å²) in [6.07, 6.45) is -0.611. The van der Waals surface area contributed by atoms with E-state index in [-0.39, 0.29) is 39.7 Å². The van der Waals surface area contributed by atoms with E-state index in [9.17, 15) is 37.3 Å². The summed E-state index contributed by atoms with van der Waals surface area (Å²) in [5, 5.41) is 34.7. The predicted octanol–water partition coefficient (Wildman–Crippen LogP) is 4.05. The van der Waals surface area contributed by atoms with Crippen LogP contribution in [0.4, 0.5) is 14.5 Å². The average molecular weight is 593 g/mol. The number of carbonyl (C=O) groups excluding carboxylic acids is 1. The summed E-state index contributed by atoms with van der Waals surface area (Å²) < 4.78 is 54.3. The first-order valence-corrected chi connectivity index (χ1v) is 14.6. The van der Waals surface area contributed by atoms with Crippen molar-refractivity contribution in [2.24, 2.45) is 11.8 Å². The molecule has 2 aliphatic rings. The van der Waals surface area contributed by atoms with Gasteiger partial charge in [-0.1, -0.05) is 17.7 Å². The number of aliphatic hydroxyl groups is 3. The monoisotopic (exact) mass is 592 g/mol. The van der Waals surface area contributed by atoms with Gasteiger partial charge in [-0.05, 0) is 80.0 Å². The van der Waals surface area contributed by atoms with Crippen molar-refractivity contribution in [2.45, 2.75) is 53.6 Å². The molecule has 0 radical (unpaired) electrons. The molecule has 3 aromatic rings. The Morgan fingerprint density at radius 2 is 1.73 bits per heavy atom. The summed E-state index contributed by atoms with van der Waals surface area (Å²) in [6, 6.07) is 11.4. The van der Waals surface area contributed by atoms with Crippen LogP contribution in [0.2, 0.25) is 5.02 Å². The second-order valence-electron chi connectivity index (χ2n) is 10.4. The predicted molar refractivity (Wildman–Crippen MR) is 142 cm³/mol. The third-order valence-electron chi connectivity index (χ3n) is 8.15. The van der Waals surface area contributed by atoms with E-state index in [1.165, 1.54) is 30.5 Å². The van der Waals surface area contributed by atoms with Crippen molar-refractivity contribution in [1.29, 1.82) is 0 Å². The number of nitrogens with zero attached hydrogens (tertiary/aromatic N) is 1. The Kier molecular flexibility index (Phi) is 7.71. The molecule has 1 heterocycles. The number of hydrogen-bond acceptors (Lipinski definition) is 7. The van der Waals surface area contributed by atoms with Crippen LogP contribution in [0.15, 0.2) is 65.7 Å². The van der Waals surface area contributed by atoms with Crippen LogP contribution in [0, 0.1) is 23.5 Å². The van der Waals surface area contributed by atoms with Crippen molar-refractivity contribution in [3.05, 3.63) is 88.7 Å². The molecule has 2 aliphatic carbocycles. The molecule has 0 saturated heterocycles. The molecule has 4 N–H and O–H groups in total. The number of rotatable bonds is 7. The van der Waals surface area contributed by atoms with Gasteiger partial charge in [-0.2, -0.15) is 0 Å². The van der Waals surface area contributed by atoms with Gasteiger partial charge >= 0.3 is 0 Å². The number of benzene rings is 2. The number of fused-ring (bicyclic) bond motifs is 2. The quantitative estimate of drug-likeness (QED) is 0.325. The van der Waals surface area contributed by atoms with Gasteiger partial charge in [0.25, 0.3) is 5.91 Å². The van der Waals surface area contributed by atoms with E-state index in [2.05, 4.69) is 10.3 Å². The summed E-state index contributed by atoms with van der Waals surface area (Å²) in [4.78, 5) is 16.6. The van der Waals surface area contributed by atoms with Gasteiger partial charge in [0.15, 0.2) is 21.5 Å². The Morgan fingerprint density at radius 1 is 1.02 bits per heavy atom. The molecule has 5 unspecified atom stereocenters. The van der Waals surface area contributed by atoms with Gasteiger partial charge in [0.2, 0.25) is 0 Å². The van der Waals surface area contributed by atoms with Crippen LogP contribution in [-0.2, 0) is 9.84 Å². The Balaban J connectivity index is 1.37. The van der Waals surface area contributed by atoms with Crippen molar-refractivity contribution in [3.8, 4) is 0 Å². The van der Waals surface area contributed by atoms with Crippen molar-refractivity contribution in [2.75, 3.05) is 5.32 Å². The van der Waals surface area contributed by atoms with Crippen LogP contribution < -0.4 is 5.32 Å². The molecule has 8 nitrogen and oxygen atoms in total. The molecular formula is C28H27ClF2N2O6S. The minimum Gasteiger partial charge on any atom is -0.387 e. The highest BCUT2D eigenvalue weighted by molar-refractivity contribution is 7.92. The molecule has 5 rings (SSSR count). The first-order valence-electron chi connectivity index (χ1n) is 12.7. The molecule has 212 valence electrons. The maximum atomic E-state index is 13.8. The largest absolute Gasteiger partial charge is 0.387 e. The normalized spacial score (nSPS) is 25.8. The number of aromatic nitrogens is 1. The fourth-order valence-corrected chi connectivity index (χ4v) is 8.47. The molecule has 2 fully saturated rings. The van der Waals surface area contributed by atoms with Gasteiger partial charge in [0, 0.05) is 23.5 Å². The van der Waals surface area contributed by atoms with Crippen LogP contribution in [0.3, 0.4) is 0 Å². The van der Waals surface area contributed by atoms with Gasteiger partial charge in [-0.25, -0.2) is 17.2 Å². The van der Waals surface area contributed by atoms with E-state index in [1.54, 1.807) is 12.1 Å². The van der Waals surface area contributed by atoms with Crippen molar-refractivity contribution < 1.29 is 37.3 Å². The van der Waals surface area contributed by atoms with Crippen molar-refractivity contribution >= 4 is 33.0 Å². The molecule has 40 heavy (non-hydrogen) atoms. The minimum atomic E-state index is -4.10. The molecule has 6 atom stereocenters. The number of pyridine rings is 1. The number of nitrogens with one attached hydrogen (secondary N) is 1. The Bertz CT molecular complexity index is 1530. The zero-order valence-corrected chi connectivity index (χ0v) is 22.6. The molecule has 12 heteroatoms. The molecule has 1 aromatic heterocycles. The van der Waals surface area contributed by atoms with E-state index in [0.29, 0.717) is 12.8 Å². The zero-order chi connectivity index (χ0) is 28.8. The number of anilines is 1. The highest BCUT2D eigenvalue weighted by atomic mass is 35.5. The summed E-state index contributed by atoms with van der Waals surface area (Å²) in [6.45, 7) is 0. The first-order chi connectivity index (χ1) is 18.9. The van der Waals surface area contributed by atoms with Crippen LogP contribution in [0.1, 0.15) is 47.8 Å². The molecule has 2 aromatic carbocycles. The Hall–Kier alpha value is -2.96. The molecular weight excluding hydrogens is 566 g/mol. The Labute approximate surface area is 234 Å². The summed E-state index contributed by atoms with van der Waals surface area (Å²) in [5.74, 6) is -4.20. The van der Waals surface area contributed by atoms with E-state index >= 15 is 0 Å². The van der Waals surface area contributed by atoms with E-state index in [1.807, 2.05) is 0 Å². The van der Waals surface area contributed by atoms with Gasteiger partial charge < -0.3 is 20.6 Å². The number of halogens is 3. The van der Waals surface area contributed by atoms with E-state index in [4.69, 9.17) is 11.6 Å². The number of amides is 1. The maximum absolute atomic E-state index is 13.8. The number of carbonyl (C=O) groups is 1. The molecule has 1 amide bonds. The summed E-state index contributed by atoms with van der Waals surface area (Å²) >= 11 is 6.28. The third kappa shape index (κ3) is 5.01. The van der Waals surface area contributed by atoms with Crippen molar-refractivity contribution in [1.82, 2.24) is 4.98 Å².